The molecule has 1 aliphatic carbocycles. The van der Waals surface area contributed by atoms with Crippen LogP contribution in [-0.2, 0) is 6.42 Å². The molecule has 1 heteroatoms. The van der Waals surface area contributed by atoms with Crippen LogP contribution in [0.15, 0.2) is 42.6 Å². The van der Waals surface area contributed by atoms with Gasteiger partial charge in [-0.05, 0) is 85.6 Å². The topological polar surface area (TPSA) is 12.9 Å². The second-order valence-electron chi connectivity index (χ2n) is 8.74. The van der Waals surface area contributed by atoms with Gasteiger partial charge in [-0.25, -0.2) is 4.98 Å². The Labute approximate surface area is 178 Å². The predicted octanol–water partition coefficient (Wildman–Crippen LogP) is 7.68. The van der Waals surface area contributed by atoms with E-state index in [4.69, 9.17) is 0 Å². The maximum atomic E-state index is 4.50. The highest BCUT2D eigenvalue weighted by Gasteiger charge is 2.21. The van der Waals surface area contributed by atoms with E-state index in [0.717, 1.165) is 29.5 Å². The van der Waals surface area contributed by atoms with Crippen molar-refractivity contribution in [2.24, 2.45) is 5.92 Å². The van der Waals surface area contributed by atoms with E-state index in [1.54, 1.807) is 0 Å². The van der Waals surface area contributed by atoms with Gasteiger partial charge in [-0.2, -0.15) is 0 Å². The first-order valence-electron chi connectivity index (χ1n) is 11.9. The number of aromatic nitrogens is 1. The van der Waals surface area contributed by atoms with Gasteiger partial charge in [-0.3, -0.25) is 0 Å². The van der Waals surface area contributed by atoms with Gasteiger partial charge in [-0.15, -0.1) is 0 Å². The first kappa shape index (κ1) is 21.6. The molecule has 0 aliphatic heterocycles. The molecule has 2 aromatic rings. The van der Waals surface area contributed by atoms with E-state index in [1.165, 1.54) is 75.3 Å². The third kappa shape index (κ3) is 7.04. The van der Waals surface area contributed by atoms with Gasteiger partial charge in [0.05, 0.1) is 0 Å². The van der Waals surface area contributed by atoms with Gasteiger partial charge < -0.3 is 0 Å². The molecule has 1 heterocycles. The molecule has 154 valence electrons. The molecule has 0 radical (unpaired) electrons. The summed E-state index contributed by atoms with van der Waals surface area (Å²) >= 11 is 0. The molecule has 1 aromatic heterocycles. The van der Waals surface area contributed by atoms with Crippen LogP contribution in [0.25, 0.3) is 0 Å². The summed E-state index contributed by atoms with van der Waals surface area (Å²) in [6.45, 7) is 4.52. The number of unbranched alkanes of at least 4 members (excludes halogenated alkanes) is 3. The Balaban J connectivity index is 1.50. The van der Waals surface area contributed by atoms with Crippen molar-refractivity contribution in [1.82, 2.24) is 4.98 Å². The summed E-state index contributed by atoms with van der Waals surface area (Å²) in [6, 6.07) is 13.2. The van der Waals surface area contributed by atoms with E-state index in [-0.39, 0.29) is 0 Å². The largest absolute Gasteiger partial charge is 0.248 e. The number of nitrogens with zero attached hydrogens (tertiary/aromatic N) is 1. The number of hydrogen-bond donors (Lipinski definition) is 0. The molecule has 1 fully saturated rings. The normalized spacial score (nSPS) is 18.8. The zero-order valence-electron chi connectivity index (χ0n) is 18.4. The van der Waals surface area contributed by atoms with E-state index in [0.29, 0.717) is 0 Å². The zero-order chi connectivity index (χ0) is 20.3. The number of aryl methyl sites for hydroxylation is 1. The SMILES string of the molecule is CCCCCC1CCC(c2ccc(C#Cc3ccc(CCCC)cn3)cc2)CC1. The van der Waals surface area contributed by atoms with E-state index in [2.05, 4.69) is 61.0 Å². The lowest BCUT2D eigenvalue weighted by molar-refractivity contribution is 0.303. The van der Waals surface area contributed by atoms with Gasteiger partial charge in [0.1, 0.15) is 5.69 Å². The highest BCUT2D eigenvalue weighted by molar-refractivity contribution is 5.41. The lowest BCUT2D eigenvalue weighted by Gasteiger charge is -2.29. The van der Waals surface area contributed by atoms with Crippen molar-refractivity contribution in [2.45, 2.75) is 90.4 Å². The highest BCUT2D eigenvalue weighted by atomic mass is 14.7. The second kappa shape index (κ2) is 11.8. The molecule has 0 amide bonds. The van der Waals surface area contributed by atoms with Gasteiger partial charge in [0.2, 0.25) is 0 Å². The Morgan fingerprint density at radius 1 is 0.828 bits per heavy atom. The summed E-state index contributed by atoms with van der Waals surface area (Å²) in [6.07, 6.45) is 16.7. The van der Waals surface area contributed by atoms with Crippen LogP contribution in [0.3, 0.4) is 0 Å². The molecular weight excluding hydrogens is 350 g/mol. The first-order valence-corrected chi connectivity index (χ1v) is 11.9. The van der Waals surface area contributed by atoms with Crippen molar-refractivity contribution in [3.63, 3.8) is 0 Å². The Bertz CT molecular complexity index is 768. The summed E-state index contributed by atoms with van der Waals surface area (Å²) < 4.78 is 0. The summed E-state index contributed by atoms with van der Waals surface area (Å²) in [4.78, 5) is 4.50. The van der Waals surface area contributed by atoms with Gasteiger partial charge in [0.15, 0.2) is 0 Å². The van der Waals surface area contributed by atoms with Crippen LogP contribution < -0.4 is 0 Å². The molecule has 0 bridgehead atoms. The Kier molecular flexibility index (Phi) is 8.82. The van der Waals surface area contributed by atoms with Gasteiger partial charge >= 0.3 is 0 Å². The molecule has 0 N–H and O–H groups in total. The first-order chi connectivity index (χ1) is 14.3. The van der Waals surface area contributed by atoms with E-state index < -0.39 is 0 Å². The van der Waals surface area contributed by atoms with Crippen LogP contribution in [0, 0.1) is 17.8 Å². The standard InChI is InChI=1S/C28H37N/c1-3-5-7-9-23-10-16-26(17-11-23)27-18-12-24(13-19-27)14-20-28-21-15-25(22-29-28)8-6-4-2/h12-13,15,18-19,21-23,26H,3-11,16-17H2,1-2H3. The van der Waals surface area contributed by atoms with Crippen molar-refractivity contribution in [1.29, 1.82) is 0 Å². The van der Waals surface area contributed by atoms with Crippen LogP contribution in [0.1, 0.15) is 106 Å². The monoisotopic (exact) mass is 387 g/mol. The minimum absolute atomic E-state index is 0.747. The van der Waals surface area contributed by atoms with Crippen molar-refractivity contribution in [2.75, 3.05) is 0 Å². The smallest absolute Gasteiger partial charge is 0.113 e. The lowest BCUT2D eigenvalue weighted by Crippen LogP contribution is -2.13. The summed E-state index contributed by atoms with van der Waals surface area (Å²) in [5.41, 5.74) is 4.75. The van der Waals surface area contributed by atoms with Crippen molar-refractivity contribution in [3.8, 4) is 11.8 Å². The minimum atomic E-state index is 0.747. The third-order valence-electron chi connectivity index (χ3n) is 6.42. The van der Waals surface area contributed by atoms with Crippen molar-refractivity contribution in [3.05, 3.63) is 65.0 Å². The molecule has 0 spiro atoms. The summed E-state index contributed by atoms with van der Waals surface area (Å²) in [7, 11) is 0. The van der Waals surface area contributed by atoms with Crippen LogP contribution in [0.4, 0.5) is 0 Å². The van der Waals surface area contributed by atoms with Crippen LogP contribution in [0.2, 0.25) is 0 Å². The molecular formula is C28H37N. The Morgan fingerprint density at radius 2 is 1.59 bits per heavy atom. The van der Waals surface area contributed by atoms with Gasteiger partial charge in [0, 0.05) is 11.8 Å². The van der Waals surface area contributed by atoms with Gasteiger partial charge in [0.25, 0.3) is 0 Å². The second-order valence-corrected chi connectivity index (χ2v) is 8.74. The van der Waals surface area contributed by atoms with Crippen LogP contribution in [0.5, 0.6) is 0 Å². The average Bonchev–Trinajstić information content (AvgIpc) is 2.78. The fraction of sp³-hybridized carbons (Fsp3) is 0.536. The van der Waals surface area contributed by atoms with E-state index in [1.807, 2.05) is 12.3 Å². The maximum absolute atomic E-state index is 4.50. The fourth-order valence-electron chi connectivity index (χ4n) is 4.47. The lowest BCUT2D eigenvalue weighted by atomic mass is 9.77. The van der Waals surface area contributed by atoms with Crippen molar-refractivity contribution >= 4 is 0 Å². The summed E-state index contributed by atoms with van der Waals surface area (Å²) in [5, 5.41) is 0. The zero-order valence-corrected chi connectivity index (χ0v) is 18.4. The Hall–Kier alpha value is -2.07. The number of hydrogen-bond acceptors (Lipinski definition) is 1. The molecule has 1 saturated carbocycles. The highest BCUT2D eigenvalue weighted by Crippen LogP contribution is 2.37. The molecule has 0 unspecified atom stereocenters. The number of rotatable bonds is 8. The third-order valence-corrected chi connectivity index (χ3v) is 6.42. The van der Waals surface area contributed by atoms with Gasteiger partial charge in [-0.1, -0.05) is 70.1 Å². The molecule has 1 aromatic carbocycles. The summed E-state index contributed by atoms with van der Waals surface area (Å²) in [5.74, 6) is 8.21. The van der Waals surface area contributed by atoms with E-state index in [9.17, 15) is 0 Å². The predicted molar refractivity (Wildman–Crippen MR) is 124 cm³/mol. The van der Waals surface area contributed by atoms with Crippen LogP contribution >= 0.6 is 0 Å². The number of pyridine rings is 1. The molecule has 3 rings (SSSR count). The van der Waals surface area contributed by atoms with E-state index >= 15 is 0 Å². The maximum Gasteiger partial charge on any atom is 0.113 e. The van der Waals surface area contributed by atoms with Crippen LogP contribution in [-0.4, -0.2) is 4.98 Å². The quantitative estimate of drug-likeness (QED) is 0.334. The Morgan fingerprint density at radius 3 is 2.24 bits per heavy atom. The molecule has 0 atom stereocenters. The minimum Gasteiger partial charge on any atom is -0.248 e. The number of benzene rings is 1. The average molecular weight is 388 g/mol. The molecule has 0 saturated heterocycles. The molecule has 29 heavy (non-hydrogen) atoms. The van der Waals surface area contributed by atoms with Crippen molar-refractivity contribution < 1.29 is 0 Å². The molecule has 1 aliphatic rings. The fourth-order valence-corrected chi connectivity index (χ4v) is 4.47. The molecule has 1 nitrogen and oxygen atoms in total.